The summed E-state index contributed by atoms with van der Waals surface area (Å²) in [5, 5.41) is 7.10. The van der Waals surface area contributed by atoms with Crippen LogP contribution in [-0.4, -0.2) is 37.4 Å². The number of anilines is 3. The smallest absolute Gasteiger partial charge is 0.129 e. The van der Waals surface area contributed by atoms with Gasteiger partial charge in [0.1, 0.15) is 5.82 Å². The lowest BCUT2D eigenvalue weighted by atomic mass is 9.82. The number of nitrogens with one attached hydrogen (secondary N) is 2. The van der Waals surface area contributed by atoms with Gasteiger partial charge in [-0.1, -0.05) is 6.07 Å². The first-order valence-corrected chi connectivity index (χ1v) is 12.4. The van der Waals surface area contributed by atoms with Crippen molar-refractivity contribution in [2.45, 2.75) is 71.3 Å². The van der Waals surface area contributed by atoms with Gasteiger partial charge in [-0.2, -0.15) is 0 Å². The van der Waals surface area contributed by atoms with Crippen LogP contribution in [0.3, 0.4) is 0 Å². The Morgan fingerprint density at radius 1 is 1.12 bits per heavy atom. The molecule has 2 aromatic rings. The minimum absolute atomic E-state index is 0.528. The molecule has 0 unspecified atom stereocenters. The quantitative estimate of drug-likeness (QED) is 0.499. The molecule has 0 amide bonds. The number of rotatable bonds is 7. The van der Waals surface area contributed by atoms with Crippen molar-refractivity contribution in [3.05, 3.63) is 41.6 Å². The van der Waals surface area contributed by atoms with E-state index in [0.717, 1.165) is 23.6 Å². The average Bonchev–Trinajstić information content (AvgIpc) is 2.83. The molecule has 1 saturated carbocycles. The van der Waals surface area contributed by atoms with E-state index in [9.17, 15) is 0 Å². The summed E-state index contributed by atoms with van der Waals surface area (Å²) in [7, 11) is 2.02. The highest BCUT2D eigenvalue weighted by Gasteiger charge is 2.24. The molecule has 2 heterocycles. The standard InChI is InChI=1S/C27H39N5/c1-4-29-26-22(18-24(19-25(26)28-3)32-15-6-5-7-16-32)17-21-10-12-23(13-11-21)31-27-20(2)9-8-14-30-27/h4,8-9,14,18-19,21,23,28H,5-7,10-13,15-17H2,1-3H3,(H,30,31). The van der Waals surface area contributed by atoms with Crippen LogP contribution in [0.15, 0.2) is 35.5 Å². The molecule has 0 spiro atoms. The molecular formula is C27H39N5. The second-order valence-electron chi connectivity index (χ2n) is 9.42. The summed E-state index contributed by atoms with van der Waals surface area (Å²) >= 11 is 0. The maximum atomic E-state index is 4.78. The fourth-order valence-corrected chi connectivity index (χ4v) is 5.29. The molecule has 172 valence electrons. The molecule has 5 nitrogen and oxygen atoms in total. The zero-order chi connectivity index (χ0) is 22.3. The van der Waals surface area contributed by atoms with Crippen LogP contribution < -0.4 is 15.5 Å². The number of benzene rings is 1. The van der Waals surface area contributed by atoms with Crippen LogP contribution in [-0.2, 0) is 6.42 Å². The fourth-order valence-electron chi connectivity index (χ4n) is 5.29. The van der Waals surface area contributed by atoms with Gasteiger partial charge in [0.05, 0.1) is 11.4 Å². The highest BCUT2D eigenvalue weighted by Crippen LogP contribution is 2.39. The van der Waals surface area contributed by atoms with E-state index < -0.39 is 0 Å². The highest BCUT2D eigenvalue weighted by atomic mass is 15.1. The molecule has 2 N–H and O–H groups in total. The molecule has 2 fully saturated rings. The van der Waals surface area contributed by atoms with Crippen molar-refractivity contribution in [3.63, 3.8) is 0 Å². The molecule has 1 aliphatic heterocycles. The summed E-state index contributed by atoms with van der Waals surface area (Å²) in [6.07, 6.45) is 13.8. The van der Waals surface area contributed by atoms with E-state index in [4.69, 9.17) is 4.99 Å². The Morgan fingerprint density at radius 3 is 2.59 bits per heavy atom. The molecule has 5 heteroatoms. The molecule has 1 aromatic carbocycles. The van der Waals surface area contributed by atoms with Gasteiger partial charge < -0.3 is 15.5 Å². The summed E-state index contributed by atoms with van der Waals surface area (Å²) in [5.41, 5.74) is 6.26. The molecule has 4 rings (SSSR count). The van der Waals surface area contributed by atoms with Crippen molar-refractivity contribution in [3.8, 4) is 0 Å². The molecular weight excluding hydrogens is 394 g/mol. The summed E-state index contributed by atoms with van der Waals surface area (Å²) < 4.78 is 0. The topological polar surface area (TPSA) is 52.6 Å². The molecule has 2 aliphatic rings. The van der Waals surface area contributed by atoms with Crippen LogP contribution >= 0.6 is 0 Å². The SMILES string of the molecule is CC=Nc1c(CC2CCC(Nc3ncccc3C)CC2)cc(N2CCCCC2)cc1NC. The Labute approximate surface area is 193 Å². The van der Waals surface area contributed by atoms with Gasteiger partial charge in [0.25, 0.3) is 0 Å². The van der Waals surface area contributed by atoms with E-state index in [1.807, 2.05) is 32.4 Å². The van der Waals surface area contributed by atoms with Crippen LogP contribution in [0.5, 0.6) is 0 Å². The van der Waals surface area contributed by atoms with Gasteiger partial charge in [0, 0.05) is 44.3 Å². The van der Waals surface area contributed by atoms with E-state index in [1.165, 1.54) is 74.8 Å². The maximum Gasteiger partial charge on any atom is 0.129 e. The van der Waals surface area contributed by atoms with Gasteiger partial charge in [-0.3, -0.25) is 4.99 Å². The van der Waals surface area contributed by atoms with E-state index in [2.05, 4.69) is 45.6 Å². The number of nitrogens with zero attached hydrogens (tertiary/aromatic N) is 3. The highest BCUT2D eigenvalue weighted by molar-refractivity contribution is 5.79. The zero-order valence-corrected chi connectivity index (χ0v) is 20.0. The lowest BCUT2D eigenvalue weighted by molar-refractivity contribution is 0.336. The van der Waals surface area contributed by atoms with Gasteiger partial charge in [0.15, 0.2) is 0 Å². The first-order valence-electron chi connectivity index (χ1n) is 12.4. The summed E-state index contributed by atoms with van der Waals surface area (Å²) in [4.78, 5) is 11.9. The first kappa shape index (κ1) is 22.6. The number of aromatic nitrogens is 1. The molecule has 0 radical (unpaired) electrons. The number of aryl methyl sites for hydroxylation is 1. The lowest BCUT2D eigenvalue weighted by Gasteiger charge is -2.32. The average molecular weight is 434 g/mol. The number of piperidine rings is 1. The second kappa shape index (κ2) is 10.8. The van der Waals surface area contributed by atoms with E-state index >= 15 is 0 Å². The second-order valence-corrected chi connectivity index (χ2v) is 9.42. The first-order chi connectivity index (χ1) is 15.7. The van der Waals surface area contributed by atoms with Gasteiger partial charge in [-0.05, 0) is 100 Å². The summed E-state index contributed by atoms with van der Waals surface area (Å²) in [6.45, 7) is 6.48. The molecule has 32 heavy (non-hydrogen) atoms. The molecule has 0 atom stereocenters. The monoisotopic (exact) mass is 433 g/mol. The molecule has 1 saturated heterocycles. The number of aliphatic imine (C=N–C) groups is 1. The third-order valence-electron chi connectivity index (χ3n) is 7.13. The van der Waals surface area contributed by atoms with Crippen molar-refractivity contribution < 1.29 is 0 Å². The predicted molar refractivity (Wildman–Crippen MR) is 138 cm³/mol. The Morgan fingerprint density at radius 2 is 1.91 bits per heavy atom. The van der Waals surface area contributed by atoms with Crippen LogP contribution in [0.1, 0.15) is 63.0 Å². The van der Waals surface area contributed by atoms with E-state index in [1.54, 1.807) is 0 Å². The lowest BCUT2D eigenvalue weighted by Crippen LogP contribution is -2.29. The molecule has 1 aliphatic carbocycles. The van der Waals surface area contributed by atoms with Crippen molar-refractivity contribution in [2.75, 3.05) is 35.7 Å². The Balaban J connectivity index is 1.46. The number of hydrogen-bond acceptors (Lipinski definition) is 5. The van der Waals surface area contributed by atoms with Gasteiger partial charge in [0.2, 0.25) is 0 Å². The minimum atomic E-state index is 0.528. The summed E-state index contributed by atoms with van der Waals surface area (Å²) in [5.74, 6) is 1.76. The molecule has 0 bridgehead atoms. The van der Waals surface area contributed by atoms with Gasteiger partial charge >= 0.3 is 0 Å². The third-order valence-corrected chi connectivity index (χ3v) is 7.13. The van der Waals surface area contributed by atoms with Gasteiger partial charge in [-0.25, -0.2) is 4.98 Å². The van der Waals surface area contributed by atoms with Crippen molar-refractivity contribution in [2.24, 2.45) is 10.9 Å². The number of pyridine rings is 1. The number of hydrogen-bond donors (Lipinski definition) is 2. The third kappa shape index (κ3) is 5.43. The van der Waals surface area contributed by atoms with E-state index in [0.29, 0.717) is 12.0 Å². The maximum absolute atomic E-state index is 4.78. The predicted octanol–water partition coefficient (Wildman–Crippen LogP) is 6.36. The van der Waals surface area contributed by atoms with Crippen molar-refractivity contribution >= 4 is 29.1 Å². The minimum Gasteiger partial charge on any atom is -0.386 e. The summed E-state index contributed by atoms with van der Waals surface area (Å²) in [6, 6.07) is 9.39. The van der Waals surface area contributed by atoms with Crippen LogP contribution in [0.2, 0.25) is 0 Å². The van der Waals surface area contributed by atoms with E-state index in [-0.39, 0.29) is 0 Å². The van der Waals surface area contributed by atoms with Gasteiger partial charge in [-0.15, -0.1) is 0 Å². The Hall–Kier alpha value is -2.56. The van der Waals surface area contributed by atoms with Crippen LogP contribution in [0.25, 0.3) is 0 Å². The van der Waals surface area contributed by atoms with Crippen LogP contribution in [0.4, 0.5) is 22.9 Å². The zero-order valence-electron chi connectivity index (χ0n) is 20.0. The van der Waals surface area contributed by atoms with Crippen molar-refractivity contribution in [1.29, 1.82) is 0 Å². The fraction of sp³-hybridized carbons (Fsp3) is 0.556. The largest absolute Gasteiger partial charge is 0.386 e. The Kier molecular flexibility index (Phi) is 7.67. The Bertz CT molecular complexity index is 908. The molecule has 1 aromatic heterocycles. The van der Waals surface area contributed by atoms with Crippen LogP contribution in [0, 0.1) is 12.8 Å². The normalized spacial score (nSPS) is 21.7. The van der Waals surface area contributed by atoms with Crippen molar-refractivity contribution in [1.82, 2.24) is 4.98 Å².